The summed E-state index contributed by atoms with van der Waals surface area (Å²) >= 11 is 0. The summed E-state index contributed by atoms with van der Waals surface area (Å²) in [6, 6.07) is 11.1. The van der Waals surface area contributed by atoms with Gasteiger partial charge in [-0.05, 0) is 30.0 Å². The van der Waals surface area contributed by atoms with Crippen LogP contribution >= 0.6 is 0 Å². The van der Waals surface area contributed by atoms with Crippen LogP contribution < -0.4 is 0 Å². The maximum atomic E-state index is 14.3. The van der Waals surface area contributed by atoms with E-state index in [0.29, 0.717) is 12.0 Å². The fraction of sp³-hybridized carbons (Fsp3) is 0.481. The Morgan fingerprint density at radius 2 is 1.09 bits per heavy atom. The predicted octanol–water partition coefficient (Wildman–Crippen LogP) is 8.70. The van der Waals surface area contributed by atoms with Crippen molar-refractivity contribution in [2.24, 2.45) is 5.92 Å². The molecule has 1 atom stereocenters. The molecule has 0 radical (unpaired) electrons. The third-order valence-electron chi connectivity index (χ3n) is 6.16. The van der Waals surface area contributed by atoms with Crippen LogP contribution in [0, 0.1) is 5.92 Å². The van der Waals surface area contributed by atoms with E-state index in [-0.39, 0.29) is 17.0 Å². The van der Waals surface area contributed by atoms with Crippen LogP contribution in [0.3, 0.4) is 0 Å². The summed E-state index contributed by atoms with van der Waals surface area (Å²) in [5.74, 6) is -51.5. The normalized spacial score (nSPS) is 14.7. The second-order valence-electron chi connectivity index (χ2n) is 10.2. The van der Waals surface area contributed by atoms with Crippen molar-refractivity contribution in [2.45, 2.75) is 68.1 Å². The van der Waals surface area contributed by atoms with Gasteiger partial charge in [-0.3, -0.25) is 0 Å². The molecule has 4 nitrogen and oxygen atoms in total. The van der Waals surface area contributed by atoms with Crippen molar-refractivity contribution < 1.29 is 84.9 Å². The fourth-order valence-corrected chi connectivity index (χ4v) is 3.63. The van der Waals surface area contributed by atoms with E-state index in [0.717, 1.165) is 24.3 Å². The maximum absolute atomic E-state index is 14.3. The van der Waals surface area contributed by atoms with Gasteiger partial charge in [0.2, 0.25) is 6.10 Å². The lowest BCUT2D eigenvalue weighted by Crippen LogP contribution is -2.73. The number of carbonyl (C=O) groups is 2. The van der Waals surface area contributed by atoms with E-state index in [9.17, 15) is 75.4 Å². The Bertz CT molecular complexity index is 1360. The summed E-state index contributed by atoms with van der Waals surface area (Å²) in [6.45, 7) is 0.263. The highest BCUT2D eigenvalue weighted by molar-refractivity contribution is 5.91. The molecule has 0 saturated heterocycles. The minimum absolute atomic E-state index is 0.0940. The van der Waals surface area contributed by atoms with Gasteiger partial charge in [0.05, 0.1) is 5.56 Å². The van der Waals surface area contributed by atoms with E-state index >= 15 is 0 Å². The van der Waals surface area contributed by atoms with Gasteiger partial charge < -0.3 is 9.47 Å². The summed E-state index contributed by atoms with van der Waals surface area (Å²) in [6.07, 6.45) is -9.71. The van der Waals surface area contributed by atoms with Crippen LogP contribution in [0.15, 0.2) is 54.6 Å². The molecule has 2 aromatic rings. The first kappa shape index (κ1) is 38.5. The monoisotopic (exact) mass is 694 g/mol. The molecule has 2 aromatic carbocycles. The zero-order valence-corrected chi connectivity index (χ0v) is 23.1. The summed E-state index contributed by atoms with van der Waals surface area (Å²) in [5, 5.41) is 0. The maximum Gasteiger partial charge on any atom is 0.460 e. The van der Waals surface area contributed by atoms with Crippen LogP contribution in [-0.4, -0.2) is 60.3 Å². The standard InChI is InChI=1S/C27H21F15O4/c1-14(2)12-15-8-10-16(11-9-15)18(46-19(43)17-6-4-3-5-7-17)20(44)45-13-21(28,29)22(30,31)23(32,33)24(34,35)25(36,37)26(38,39)27(40,41)42/h3-11,14,18H,12-13H2,1-2H3. The number of hydrogen-bond donors (Lipinski definition) is 0. The molecular formula is C27H21F15O4. The third-order valence-corrected chi connectivity index (χ3v) is 6.16. The van der Waals surface area contributed by atoms with Gasteiger partial charge in [0.1, 0.15) is 0 Å². The number of esters is 2. The van der Waals surface area contributed by atoms with Crippen LogP contribution in [0.5, 0.6) is 0 Å². The van der Waals surface area contributed by atoms with Crippen molar-refractivity contribution in [1.29, 1.82) is 0 Å². The van der Waals surface area contributed by atoms with E-state index in [1.54, 1.807) is 0 Å². The summed E-state index contributed by atoms with van der Waals surface area (Å²) in [4.78, 5) is 25.1. The average Bonchev–Trinajstić information content (AvgIpc) is 2.94. The Labute approximate surface area is 249 Å². The van der Waals surface area contributed by atoms with Gasteiger partial charge >= 0.3 is 53.7 Å². The smallest absolute Gasteiger partial charge is 0.456 e. The zero-order valence-electron chi connectivity index (χ0n) is 23.1. The van der Waals surface area contributed by atoms with Crippen LogP contribution in [-0.2, 0) is 20.7 Å². The molecule has 0 N–H and O–H groups in total. The molecule has 0 spiro atoms. The molecule has 0 amide bonds. The van der Waals surface area contributed by atoms with Crippen molar-refractivity contribution in [2.75, 3.05) is 6.61 Å². The summed E-state index contributed by atoms with van der Waals surface area (Å²) < 4.78 is 211. The molecule has 2 rings (SSSR count). The number of carbonyl (C=O) groups excluding carboxylic acids is 2. The first-order valence-corrected chi connectivity index (χ1v) is 12.5. The lowest BCUT2D eigenvalue weighted by molar-refractivity contribution is -0.453. The second kappa shape index (κ2) is 12.8. The van der Waals surface area contributed by atoms with E-state index in [1.165, 1.54) is 30.3 Å². The molecule has 0 aliphatic carbocycles. The number of ether oxygens (including phenoxy) is 2. The van der Waals surface area contributed by atoms with Crippen molar-refractivity contribution in [3.63, 3.8) is 0 Å². The van der Waals surface area contributed by atoms with Gasteiger partial charge in [0, 0.05) is 5.56 Å². The molecule has 0 fully saturated rings. The molecule has 1 unspecified atom stereocenters. The molecule has 0 bridgehead atoms. The molecule has 46 heavy (non-hydrogen) atoms. The first-order chi connectivity index (χ1) is 20.7. The fourth-order valence-electron chi connectivity index (χ4n) is 3.63. The minimum atomic E-state index is -8.48. The van der Waals surface area contributed by atoms with E-state index in [1.807, 2.05) is 13.8 Å². The Hall–Kier alpha value is -3.67. The van der Waals surface area contributed by atoms with Crippen molar-refractivity contribution in [1.82, 2.24) is 0 Å². The van der Waals surface area contributed by atoms with Gasteiger partial charge in [0.15, 0.2) is 6.61 Å². The lowest BCUT2D eigenvalue weighted by Gasteiger charge is -2.41. The lowest BCUT2D eigenvalue weighted by atomic mass is 9.91. The highest BCUT2D eigenvalue weighted by Crippen LogP contribution is 2.62. The van der Waals surface area contributed by atoms with Gasteiger partial charge in [-0.25, -0.2) is 9.59 Å². The average molecular weight is 694 g/mol. The van der Waals surface area contributed by atoms with Crippen molar-refractivity contribution in [3.8, 4) is 0 Å². The molecular weight excluding hydrogens is 673 g/mol. The highest BCUT2D eigenvalue weighted by Gasteiger charge is 2.93. The van der Waals surface area contributed by atoms with E-state index in [4.69, 9.17) is 4.74 Å². The van der Waals surface area contributed by atoms with E-state index < -0.39 is 66.4 Å². The van der Waals surface area contributed by atoms with Crippen LogP contribution in [0.4, 0.5) is 65.9 Å². The Morgan fingerprint density at radius 3 is 1.54 bits per heavy atom. The van der Waals surface area contributed by atoms with Gasteiger partial charge in [-0.2, -0.15) is 65.9 Å². The number of halogens is 15. The highest BCUT2D eigenvalue weighted by atomic mass is 19.4. The molecule has 0 heterocycles. The van der Waals surface area contributed by atoms with Crippen LogP contribution in [0.25, 0.3) is 0 Å². The van der Waals surface area contributed by atoms with Crippen molar-refractivity contribution >= 4 is 11.9 Å². The van der Waals surface area contributed by atoms with Gasteiger partial charge in [-0.1, -0.05) is 56.3 Å². The molecule has 258 valence electrons. The van der Waals surface area contributed by atoms with Gasteiger partial charge in [0.25, 0.3) is 0 Å². The van der Waals surface area contributed by atoms with Crippen LogP contribution in [0.1, 0.15) is 41.4 Å². The number of hydrogen-bond acceptors (Lipinski definition) is 4. The number of rotatable bonds is 13. The Kier molecular flexibility index (Phi) is 10.8. The number of benzene rings is 2. The topological polar surface area (TPSA) is 52.6 Å². The van der Waals surface area contributed by atoms with Gasteiger partial charge in [-0.15, -0.1) is 0 Å². The molecule has 0 aromatic heterocycles. The minimum Gasteiger partial charge on any atom is -0.456 e. The molecule has 0 aliphatic heterocycles. The Morgan fingerprint density at radius 1 is 0.630 bits per heavy atom. The van der Waals surface area contributed by atoms with E-state index in [2.05, 4.69) is 4.74 Å². The third kappa shape index (κ3) is 7.01. The largest absolute Gasteiger partial charge is 0.460 e. The Balaban J connectivity index is 2.42. The molecule has 0 saturated carbocycles. The van der Waals surface area contributed by atoms with Crippen molar-refractivity contribution in [3.05, 3.63) is 71.3 Å². The SMILES string of the molecule is CC(C)Cc1ccc(C(OC(=O)c2ccccc2)C(=O)OCC(F)(F)C(F)(F)C(F)(F)C(F)(F)C(F)(F)C(F)(F)C(F)(F)F)cc1. The second-order valence-corrected chi connectivity index (χ2v) is 10.2. The molecule has 19 heteroatoms. The van der Waals surface area contributed by atoms with Crippen LogP contribution in [0.2, 0.25) is 0 Å². The zero-order chi connectivity index (χ0) is 35.7. The predicted molar refractivity (Wildman–Crippen MR) is 126 cm³/mol. The number of alkyl halides is 15. The molecule has 0 aliphatic rings. The quantitative estimate of drug-likeness (QED) is 0.156. The summed E-state index contributed by atoms with van der Waals surface area (Å²) in [5.41, 5.74) is -0.0442. The first-order valence-electron chi connectivity index (χ1n) is 12.5. The summed E-state index contributed by atoms with van der Waals surface area (Å²) in [7, 11) is 0.